The lowest BCUT2D eigenvalue weighted by Gasteiger charge is -2.27. The van der Waals surface area contributed by atoms with Crippen molar-refractivity contribution in [3.05, 3.63) is 34.4 Å². The summed E-state index contributed by atoms with van der Waals surface area (Å²) in [5.41, 5.74) is 3.83. The number of aryl methyl sites for hydroxylation is 3. The second-order valence-corrected chi connectivity index (χ2v) is 10.7. The molecule has 0 saturated heterocycles. The van der Waals surface area contributed by atoms with Crippen molar-refractivity contribution in [1.29, 1.82) is 0 Å². The van der Waals surface area contributed by atoms with E-state index in [4.69, 9.17) is 4.74 Å². The zero-order valence-corrected chi connectivity index (χ0v) is 19.5. The number of hydrogen-bond donors (Lipinski definition) is 1. The Morgan fingerprint density at radius 2 is 1.63 bits per heavy atom. The van der Waals surface area contributed by atoms with Gasteiger partial charge in [0.1, 0.15) is 11.9 Å². The first-order chi connectivity index (χ1) is 14.0. The largest absolute Gasteiger partial charge is 0.461 e. The Balaban J connectivity index is 1.88. The predicted molar refractivity (Wildman–Crippen MR) is 118 cm³/mol. The van der Waals surface area contributed by atoms with Crippen LogP contribution in [0.15, 0.2) is 12.1 Å². The van der Waals surface area contributed by atoms with Crippen molar-refractivity contribution in [2.75, 3.05) is 0 Å². The first kappa shape index (κ1) is 23.0. The molecule has 0 aliphatic heterocycles. The summed E-state index contributed by atoms with van der Waals surface area (Å²) >= 11 is 0. The standard InChI is InChI=1S/C26H38O4/c1-15-11-16(2)22(17(3)12-15)23-21(30-25(29)26(4,5)6)14-19(24(23)28)13-18-7-9-20(27)10-8-18/h11-12,18-21,23,27H,7-10,13-14H2,1-6H3. The van der Waals surface area contributed by atoms with E-state index >= 15 is 0 Å². The lowest BCUT2D eigenvalue weighted by atomic mass is 9.80. The van der Waals surface area contributed by atoms with Crippen LogP contribution in [0.5, 0.6) is 0 Å². The molecule has 3 atom stereocenters. The summed E-state index contributed by atoms with van der Waals surface area (Å²) in [5, 5.41) is 9.81. The van der Waals surface area contributed by atoms with Gasteiger partial charge in [0.05, 0.1) is 17.4 Å². The predicted octanol–water partition coefficient (Wildman–Crippen LogP) is 5.18. The van der Waals surface area contributed by atoms with Gasteiger partial charge in [-0.25, -0.2) is 0 Å². The van der Waals surface area contributed by atoms with E-state index in [-0.39, 0.29) is 29.7 Å². The highest BCUT2D eigenvalue weighted by atomic mass is 16.5. The van der Waals surface area contributed by atoms with E-state index in [2.05, 4.69) is 32.9 Å². The summed E-state index contributed by atoms with van der Waals surface area (Å²) in [6.45, 7) is 11.7. The fraction of sp³-hybridized carbons (Fsp3) is 0.692. The van der Waals surface area contributed by atoms with Gasteiger partial charge >= 0.3 is 5.97 Å². The van der Waals surface area contributed by atoms with Crippen LogP contribution in [0.3, 0.4) is 0 Å². The molecule has 1 N–H and O–H groups in total. The first-order valence-corrected chi connectivity index (χ1v) is 11.5. The van der Waals surface area contributed by atoms with Gasteiger partial charge in [-0.05, 0) is 103 Å². The lowest BCUT2D eigenvalue weighted by Crippen LogP contribution is -2.31. The number of aliphatic hydroxyl groups excluding tert-OH is 1. The van der Waals surface area contributed by atoms with Crippen molar-refractivity contribution in [2.45, 2.75) is 98.2 Å². The molecule has 0 aromatic heterocycles. The second-order valence-electron chi connectivity index (χ2n) is 10.7. The monoisotopic (exact) mass is 414 g/mol. The molecule has 2 aliphatic rings. The van der Waals surface area contributed by atoms with Crippen LogP contribution in [0.25, 0.3) is 0 Å². The van der Waals surface area contributed by atoms with Crippen molar-refractivity contribution in [2.24, 2.45) is 17.3 Å². The minimum atomic E-state index is -0.595. The van der Waals surface area contributed by atoms with Gasteiger partial charge in [-0.1, -0.05) is 17.7 Å². The molecule has 3 rings (SSSR count). The van der Waals surface area contributed by atoms with Crippen LogP contribution in [0.1, 0.15) is 87.5 Å². The Hall–Kier alpha value is -1.68. The van der Waals surface area contributed by atoms with Crippen LogP contribution in [0.2, 0.25) is 0 Å². The number of ketones is 1. The number of rotatable bonds is 4. The topological polar surface area (TPSA) is 63.6 Å². The number of esters is 1. The van der Waals surface area contributed by atoms with Gasteiger partial charge in [0.2, 0.25) is 0 Å². The van der Waals surface area contributed by atoms with Crippen molar-refractivity contribution in [3.63, 3.8) is 0 Å². The number of benzene rings is 1. The average Bonchev–Trinajstić information content (AvgIpc) is 2.91. The Labute approximate surface area is 181 Å². The summed E-state index contributed by atoms with van der Waals surface area (Å²) in [6.07, 6.45) is 4.47. The maximum absolute atomic E-state index is 13.6. The van der Waals surface area contributed by atoms with Crippen LogP contribution in [-0.4, -0.2) is 29.1 Å². The summed E-state index contributed by atoms with van der Waals surface area (Å²) in [6, 6.07) is 4.24. The van der Waals surface area contributed by atoms with Crippen LogP contribution in [-0.2, 0) is 14.3 Å². The fourth-order valence-electron chi connectivity index (χ4n) is 5.41. The quantitative estimate of drug-likeness (QED) is 0.689. The van der Waals surface area contributed by atoms with Crippen LogP contribution in [0, 0.1) is 38.0 Å². The molecule has 0 radical (unpaired) electrons. The van der Waals surface area contributed by atoms with E-state index in [9.17, 15) is 14.7 Å². The van der Waals surface area contributed by atoms with E-state index in [1.165, 1.54) is 5.56 Å². The van der Waals surface area contributed by atoms with Gasteiger partial charge in [0, 0.05) is 5.92 Å². The molecule has 2 saturated carbocycles. The van der Waals surface area contributed by atoms with Crippen molar-refractivity contribution in [3.8, 4) is 0 Å². The van der Waals surface area contributed by atoms with E-state index < -0.39 is 11.5 Å². The molecule has 0 amide bonds. The van der Waals surface area contributed by atoms with Gasteiger partial charge in [-0.3, -0.25) is 9.59 Å². The van der Waals surface area contributed by atoms with Gasteiger partial charge in [0.25, 0.3) is 0 Å². The number of carbonyl (C=O) groups excluding carboxylic acids is 2. The average molecular weight is 415 g/mol. The van der Waals surface area contributed by atoms with Crippen molar-refractivity contribution >= 4 is 11.8 Å². The normalized spacial score (nSPS) is 29.8. The molecule has 1 aromatic rings. The van der Waals surface area contributed by atoms with Crippen molar-refractivity contribution in [1.82, 2.24) is 0 Å². The Kier molecular flexibility index (Phi) is 6.76. The maximum Gasteiger partial charge on any atom is 0.311 e. The van der Waals surface area contributed by atoms with Crippen LogP contribution >= 0.6 is 0 Å². The third kappa shape index (κ3) is 4.96. The molecule has 4 heteroatoms. The Morgan fingerprint density at radius 3 is 2.17 bits per heavy atom. The minimum Gasteiger partial charge on any atom is -0.461 e. The molecular weight excluding hydrogens is 376 g/mol. The summed E-state index contributed by atoms with van der Waals surface area (Å²) in [5.74, 6) is 0.00140. The van der Waals surface area contributed by atoms with Gasteiger partial charge in [-0.15, -0.1) is 0 Å². The summed E-state index contributed by atoms with van der Waals surface area (Å²) in [7, 11) is 0. The van der Waals surface area contributed by atoms with E-state index in [0.29, 0.717) is 12.3 Å². The second kappa shape index (κ2) is 8.82. The zero-order valence-electron chi connectivity index (χ0n) is 19.5. The minimum absolute atomic E-state index is 0.0758. The van der Waals surface area contributed by atoms with Gasteiger partial charge in [-0.2, -0.15) is 0 Å². The van der Waals surface area contributed by atoms with Crippen LogP contribution in [0.4, 0.5) is 0 Å². The molecular formula is C26H38O4. The molecule has 4 nitrogen and oxygen atoms in total. The maximum atomic E-state index is 13.6. The number of aliphatic hydroxyl groups is 1. The van der Waals surface area contributed by atoms with Gasteiger partial charge in [0.15, 0.2) is 0 Å². The first-order valence-electron chi connectivity index (χ1n) is 11.5. The molecule has 0 spiro atoms. The number of Topliss-reactive ketones (excluding diaryl/α,β-unsaturated/α-hetero) is 1. The number of hydrogen-bond acceptors (Lipinski definition) is 4. The molecule has 30 heavy (non-hydrogen) atoms. The highest BCUT2D eigenvalue weighted by Gasteiger charge is 2.47. The Bertz CT molecular complexity index is 773. The molecule has 3 unspecified atom stereocenters. The van der Waals surface area contributed by atoms with Crippen LogP contribution < -0.4 is 0 Å². The third-order valence-corrected chi connectivity index (χ3v) is 6.95. The smallest absolute Gasteiger partial charge is 0.311 e. The van der Waals surface area contributed by atoms with E-state index in [1.54, 1.807) is 0 Å². The number of ether oxygens (including phenoxy) is 1. The van der Waals surface area contributed by atoms with E-state index in [1.807, 2.05) is 20.8 Å². The molecule has 0 bridgehead atoms. The number of carbonyl (C=O) groups is 2. The lowest BCUT2D eigenvalue weighted by molar-refractivity contribution is -0.159. The molecule has 0 heterocycles. The highest BCUT2D eigenvalue weighted by Crippen LogP contribution is 2.44. The highest BCUT2D eigenvalue weighted by molar-refractivity contribution is 5.92. The van der Waals surface area contributed by atoms with Gasteiger partial charge < -0.3 is 9.84 Å². The summed E-state index contributed by atoms with van der Waals surface area (Å²) in [4.78, 5) is 26.3. The van der Waals surface area contributed by atoms with E-state index in [0.717, 1.165) is 48.8 Å². The molecule has 166 valence electrons. The zero-order chi connectivity index (χ0) is 22.2. The van der Waals surface area contributed by atoms with Crippen molar-refractivity contribution < 1.29 is 19.4 Å². The Morgan fingerprint density at radius 1 is 1.07 bits per heavy atom. The fourth-order valence-corrected chi connectivity index (χ4v) is 5.41. The molecule has 1 aromatic carbocycles. The molecule has 2 fully saturated rings. The third-order valence-electron chi connectivity index (χ3n) is 6.95. The molecule has 2 aliphatic carbocycles. The SMILES string of the molecule is Cc1cc(C)c(C2C(=O)C(CC3CCC(O)CC3)CC2OC(=O)C(C)(C)C)c(C)c1. The summed E-state index contributed by atoms with van der Waals surface area (Å²) < 4.78 is 5.99.